The maximum absolute atomic E-state index is 13.0. The van der Waals surface area contributed by atoms with E-state index in [1.54, 1.807) is 18.2 Å². The number of hydrogen-bond acceptors (Lipinski definition) is 4. The molecule has 1 aromatic rings. The van der Waals surface area contributed by atoms with Gasteiger partial charge in [-0.25, -0.2) is 8.42 Å². The van der Waals surface area contributed by atoms with Crippen LogP contribution >= 0.6 is 0 Å². The second-order valence-corrected chi connectivity index (χ2v) is 9.76. The molecule has 0 spiro atoms. The first-order valence-electron chi connectivity index (χ1n) is 10.2. The van der Waals surface area contributed by atoms with Gasteiger partial charge in [0.2, 0.25) is 15.9 Å². The minimum absolute atomic E-state index is 0.0630. The monoisotopic (exact) mass is 410 g/mol. The number of amides is 1. The van der Waals surface area contributed by atoms with Crippen molar-refractivity contribution in [1.29, 1.82) is 0 Å². The molecular formula is C20H32N3O4S+. The lowest BCUT2D eigenvalue weighted by Crippen LogP contribution is -3.12. The molecule has 2 heterocycles. The molecule has 2 aliphatic heterocycles. The molecule has 0 unspecified atom stereocenters. The highest BCUT2D eigenvalue weighted by molar-refractivity contribution is 7.89. The SMILES string of the molecule is CCOc1ccc(S(=O)(=O)N2CCC(C(=O)N3CC[NH+](C)CC3)CC2)cc1C. The van der Waals surface area contributed by atoms with E-state index in [1.807, 2.05) is 18.7 Å². The number of piperidine rings is 1. The third-order valence-electron chi connectivity index (χ3n) is 5.82. The number of likely N-dealkylation sites (N-methyl/N-ethyl adjacent to an activating group) is 1. The first-order valence-corrected chi connectivity index (χ1v) is 11.6. The lowest BCUT2D eigenvalue weighted by Gasteiger charge is -2.36. The summed E-state index contributed by atoms with van der Waals surface area (Å²) in [4.78, 5) is 16.5. The molecule has 7 nitrogen and oxygen atoms in total. The normalized spacial score (nSPS) is 20.3. The van der Waals surface area contributed by atoms with Crippen molar-refractivity contribution in [2.75, 3.05) is 52.9 Å². The van der Waals surface area contributed by atoms with E-state index in [2.05, 4.69) is 7.05 Å². The molecular weight excluding hydrogens is 378 g/mol. The second-order valence-electron chi connectivity index (χ2n) is 7.82. The third kappa shape index (κ3) is 4.50. The molecule has 8 heteroatoms. The quantitative estimate of drug-likeness (QED) is 0.750. The average molecular weight is 411 g/mol. The van der Waals surface area contributed by atoms with E-state index in [0.29, 0.717) is 43.2 Å². The molecule has 0 atom stereocenters. The Morgan fingerprint density at radius 1 is 1.18 bits per heavy atom. The first kappa shape index (κ1) is 21.1. The number of hydrogen-bond donors (Lipinski definition) is 1. The van der Waals surface area contributed by atoms with Gasteiger partial charge in [0.1, 0.15) is 5.75 Å². The molecule has 2 saturated heterocycles. The molecule has 0 aliphatic carbocycles. The van der Waals surface area contributed by atoms with Crippen LogP contribution in [0.5, 0.6) is 5.75 Å². The molecule has 2 fully saturated rings. The molecule has 0 aromatic heterocycles. The van der Waals surface area contributed by atoms with Crippen LogP contribution in [0.15, 0.2) is 23.1 Å². The van der Waals surface area contributed by atoms with E-state index in [9.17, 15) is 13.2 Å². The van der Waals surface area contributed by atoms with Gasteiger partial charge < -0.3 is 14.5 Å². The zero-order valence-corrected chi connectivity index (χ0v) is 17.9. The van der Waals surface area contributed by atoms with Gasteiger partial charge in [-0.15, -0.1) is 0 Å². The molecule has 28 heavy (non-hydrogen) atoms. The Labute approximate surface area is 168 Å². The van der Waals surface area contributed by atoms with Crippen molar-refractivity contribution >= 4 is 15.9 Å². The predicted octanol–water partition coefficient (Wildman–Crippen LogP) is 0.151. The topological polar surface area (TPSA) is 71.4 Å². The number of carbonyl (C=O) groups excluding carboxylic acids is 1. The lowest BCUT2D eigenvalue weighted by atomic mass is 9.96. The Hall–Kier alpha value is -1.64. The van der Waals surface area contributed by atoms with E-state index in [-0.39, 0.29) is 11.8 Å². The largest absolute Gasteiger partial charge is 0.494 e. The smallest absolute Gasteiger partial charge is 0.243 e. The van der Waals surface area contributed by atoms with Crippen molar-refractivity contribution in [3.8, 4) is 5.75 Å². The zero-order valence-electron chi connectivity index (χ0n) is 17.1. The maximum Gasteiger partial charge on any atom is 0.243 e. The van der Waals surface area contributed by atoms with Crippen molar-refractivity contribution in [2.45, 2.75) is 31.6 Å². The summed E-state index contributed by atoms with van der Waals surface area (Å²) in [6.07, 6.45) is 1.18. The van der Waals surface area contributed by atoms with Crippen LogP contribution in [0.4, 0.5) is 0 Å². The highest BCUT2D eigenvalue weighted by Gasteiger charge is 2.35. The van der Waals surface area contributed by atoms with Gasteiger partial charge in [-0.05, 0) is 50.5 Å². The summed E-state index contributed by atoms with van der Waals surface area (Å²) < 4.78 is 33.0. The summed E-state index contributed by atoms with van der Waals surface area (Å²) in [6, 6.07) is 5.00. The fourth-order valence-corrected chi connectivity index (χ4v) is 5.51. The summed E-state index contributed by atoms with van der Waals surface area (Å²) in [5.74, 6) is 0.841. The number of nitrogens with zero attached hydrogens (tertiary/aromatic N) is 2. The molecule has 0 radical (unpaired) electrons. The van der Waals surface area contributed by atoms with E-state index in [0.717, 1.165) is 31.7 Å². The number of carbonyl (C=O) groups is 1. The molecule has 2 aliphatic rings. The number of rotatable bonds is 5. The van der Waals surface area contributed by atoms with Crippen LogP contribution in [0, 0.1) is 12.8 Å². The van der Waals surface area contributed by atoms with Gasteiger partial charge in [-0.3, -0.25) is 4.79 Å². The third-order valence-corrected chi connectivity index (χ3v) is 7.71. The zero-order chi connectivity index (χ0) is 20.3. The molecule has 0 saturated carbocycles. The van der Waals surface area contributed by atoms with Gasteiger partial charge in [0.05, 0.1) is 44.7 Å². The van der Waals surface area contributed by atoms with Gasteiger partial charge in [-0.2, -0.15) is 4.31 Å². The van der Waals surface area contributed by atoms with Gasteiger partial charge >= 0.3 is 0 Å². The van der Waals surface area contributed by atoms with Crippen molar-refractivity contribution in [3.63, 3.8) is 0 Å². The fourth-order valence-electron chi connectivity index (χ4n) is 3.96. The van der Waals surface area contributed by atoms with Crippen molar-refractivity contribution < 1.29 is 22.8 Å². The number of sulfonamides is 1. The van der Waals surface area contributed by atoms with Crippen LogP contribution in [0.2, 0.25) is 0 Å². The molecule has 1 N–H and O–H groups in total. The standard InChI is InChI=1S/C20H31N3O4S/c1-4-27-19-6-5-18(15-16(19)2)28(25,26)23-9-7-17(8-10-23)20(24)22-13-11-21(3)12-14-22/h5-6,15,17H,4,7-14H2,1-3H3/p+1. The number of quaternary nitrogens is 1. The van der Waals surface area contributed by atoms with Gasteiger partial charge in [0.25, 0.3) is 0 Å². The number of piperazine rings is 1. The summed E-state index contributed by atoms with van der Waals surface area (Å²) in [5.41, 5.74) is 0.810. The van der Waals surface area contributed by atoms with Gasteiger partial charge in [0.15, 0.2) is 0 Å². The van der Waals surface area contributed by atoms with Crippen LogP contribution in [0.1, 0.15) is 25.3 Å². The van der Waals surface area contributed by atoms with Crippen LogP contribution in [0.25, 0.3) is 0 Å². The van der Waals surface area contributed by atoms with Gasteiger partial charge in [-0.1, -0.05) is 0 Å². The summed E-state index contributed by atoms with van der Waals surface area (Å²) >= 11 is 0. The predicted molar refractivity (Wildman–Crippen MR) is 107 cm³/mol. The van der Waals surface area contributed by atoms with Gasteiger partial charge in [0, 0.05) is 19.0 Å². The number of benzene rings is 1. The van der Waals surface area contributed by atoms with E-state index in [1.165, 1.54) is 9.21 Å². The van der Waals surface area contributed by atoms with Crippen LogP contribution < -0.4 is 9.64 Å². The van der Waals surface area contributed by atoms with Crippen molar-refractivity contribution in [3.05, 3.63) is 23.8 Å². The minimum Gasteiger partial charge on any atom is -0.494 e. The summed E-state index contributed by atoms with van der Waals surface area (Å²) in [7, 11) is -1.40. The van der Waals surface area contributed by atoms with Crippen molar-refractivity contribution in [2.24, 2.45) is 5.92 Å². The van der Waals surface area contributed by atoms with E-state index < -0.39 is 10.0 Å². The number of ether oxygens (including phenoxy) is 1. The van der Waals surface area contributed by atoms with Crippen LogP contribution in [0.3, 0.4) is 0 Å². The average Bonchev–Trinajstić information content (AvgIpc) is 2.70. The van der Waals surface area contributed by atoms with Crippen molar-refractivity contribution in [1.82, 2.24) is 9.21 Å². The Morgan fingerprint density at radius 2 is 1.82 bits per heavy atom. The molecule has 0 bridgehead atoms. The van der Waals surface area contributed by atoms with E-state index in [4.69, 9.17) is 4.74 Å². The molecule has 1 amide bonds. The Bertz CT molecular complexity index is 796. The first-order chi connectivity index (χ1) is 13.3. The summed E-state index contributed by atoms with van der Waals surface area (Å²) in [5, 5.41) is 0. The van der Waals surface area contributed by atoms with E-state index >= 15 is 0 Å². The minimum atomic E-state index is -3.55. The highest BCUT2D eigenvalue weighted by atomic mass is 32.2. The lowest BCUT2D eigenvalue weighted by molar-refractivity contribution is -0.883. The molecule has 1 aromatic carbocycles. The number of nitrogens with one attached hydrogen (secondary N) is 1. The Balaban J connectivity index is 1.62. The van der Waals surface area contributed by atoms with Crippen LogP contribution in [-0.2, 0) is 14.8 Å². The highest BCUT2D eigenvalue weighted by Crippen LogP contribution is 2.28. The van der Waals surface area contributed by atoms with Crippen LogP contribution in [-0.4, -0.2) is 76.5 Å². The molecule has 3 rings (SSSR count). The second kappa shape index (κ2) is 8.80. The molecule has 156 valence electrons. The fraction of sp³-hybridized carbons (Fsp3) is 0.650. The summed E-state index contributed by atoms with van der Waals surface area (Å²) in [6.45, 7) is 8.65. The Kier molecular flexibility index (Phi) is 6.62. The maximum atomic E-state index is 13.0. The number of aryl methyl sites for hydroxylation is 1. The Morgan fingerprint density at radius 3 is 2.39 bits per heavy atom.